The Bertz CT molecular complexity index is 414. The number of methoxy groups -OCH3 is 1. The number of ether oxygens (including phenoxy) is 1. The molecule has 1 aromatic rings. The second-order valence-corrected chi connectivity index (χ2v) is 5.04. The summed E-state index contributed by atoms with van der Waals surface area (Å²) in [5.41, 5.74) is 0.247. The molecule has 0 bridgehead atoms. The summed E-state index contributed by atoms with van der Waals surface area (Å²) in [4.78, 5) is 11.9. The van der Waals surface area contributed by atoms with Crippen LogP contribution in [0.15, 0.2) is 24.3 Å². The Morgan fingerprint density at radius 1 is 1.41 bits per heavy atom. The topological polar surface area (TPSA) is 38.3 Å². The zero-order chi connectivity index (χ0) is 12.5. The lowest BCUT2D eigenvalue weighted by Crippen LogP contribution is -2.46. The van der Waals surface area contributed by atoms with Gasteiger partial charge in [-0.25, -0.2) is 4.79 Å². The molecule has 0 saturated heterocycles. The van der Waals surface area contributed by atoms with Crippen molar-refractivity contribution in [2.75, 3.05) is 12.4 Å². The Balaban J connectivity index is 2.18. The highest BCUT2D eigenvalue weighted by Gasteiger charge is 2.48. The van der Waals surface area contributed by atoms with Crippen molar-refractivity contribution < 1.29 is 9.53 Å². The van der Waals surface area contributed by atoms with Crippen molar-refractivity contribution in [1.29, 1.82) is 0 Å². The number of anilines is 1. The number of carbonyl (C=O) groups excluding carboxylic acids is 1. The lowest BCUT2D eigenvalue weighted by atomic mass is 9.95. The summed E-state index contributed by atoms with van der Waals surface area (Å²) in [6, 6.07) is 7.33. The minimum Gasteiger partial charge on any atom is -0.467 e. The molecule has 1 aromatic carbocycles. The summed E-state index contributed by atoms with van der Waals surface area (Å²) in [5, 5.41) is 3.94. The number of benzene rings is 1. The van der Waals surface area contributed by atoms with Crippen molar-refractivity contribution in [3.8, 4) is 0 Å². The van der Waals surface area contributed by atoms with Crippen molar-refractivity contribution >= 4 is 23.3 Å². The van der Waals surface area contributed by atoms with Crippen LogP contribution in [-0.4, -0.2) is 18.6 Å². The molecule has 1 aliphatic carbocycles. The van der Waals surface area contributed by atoms with Gasteiger partial charge in [-0.1, -0.05) is 11.6 Å². The van der Waals surface area contributed by atoms with Gasteiger partial charge in [-0.2, -0.15) is 0 Å². The average molecular weight is 254 g/mol. The highest BCUT2D eigenvalue weighted by molar-refractivity contribution is 6.30. The molecule has 1 unspecified atom stereocenters. The first-order valence-electron chi connectivity index (χ1n) is 5.68. The van der Waals surface area contributed by atoms with Crippen molar-refractivity contribution in [3.63, 3.8) is 0 Å². The molecule has 1 aliphatic rings. The van der Waals surface area contributed by atoms with Gasteiger partial charge < -0.3 is 10.1 Å². The van der Waals surface area contributed by atoms with Crippen LogP contribution < -0.4 is 5.32 Å². The van der Waals surface area contributed by atoms with E-state index < -0.39 is 5.54 Å². The lowest BCUT2D eigenvalue weighted by molar-refractivity contribution is -0.146. The van der Waals surface area contributed by atoms with Gasteiger partial charge in [-0.3, -0.25) is 0 Å². The molecule has 3 nitrogen and oxygen atoms in total. The minimum absolute atomic E-state index is 0.213. The van der Waals surface area contributed by atoms with Crippen LogP contribution in [-0.2, 0) is 9.53 Å². The largest absolute Gasteiger partial charge is 0.467 e. The van der Waals surface area contributed by atoms with Crippen LogP contribution in [0.3, 0.4) is 0 Å². The van der Waals surface area contributed by atoms with E-state index in [2.05, 4.69) is 5.32 Å². The van der Waals surface area contributed by atoms with Gasteiger partial charge in [0.15, 0.2) is 0 Å². The number of esters is 1. The fraction of sp³-hybridized carbons (Fsp3) is 0.462. The Hall–Kier alpha value is -1.22. The molecule has 17 heavy (non-hydrogen) atoms. The lowest BCUT2D eigenvalue weighted by Gasteiger charge is -2.29. The number of nitrogens with one attached hydrogen (secondary N) is 1. The van der Waals surface area contributed by atoms with E-state index in [1.54, 1.807) is 12.1 Å². The van der Waals surface area contributed by atoms with Crippen LogP contribution in [0.4, 0.5) is 5.69 Å². The summed E-state index contributed by atoms with van der Waals surface area (Å²) < 4.78 is 4.89. The molecule has 92 valence electrons. The number of hydrogen-bond donors (Lipinski definition) is 1. The number of rotatable bonds is 4. The first-order chi connectivity index (χ1) is 8.06. The van der Waals surface area contributed by atoms with Crippen LogP contribution in [0.25, 0.3) is 0 Å². The van der Waals surface area contributed by atoms with Crippen LogP contribution >= 0.6 is 11.6 Å². The van der Waals surface area contributed by atoms with Gasteiger partial charge in [0, 0.05) is 10.7 Å². The molecule has 4 heteroatoms. The molecule has 1 N–H and O–H groups in total. The van der Waals surface area contributed by atoms with Crippen molar-refractivity contribution in [2.24, 2.45) is 5.92 Å². The fourth-order valence-electron chi connectivity index (χ4n) is 2.03. The Labute approximate surface area is 106 Å². The van der Waals surface area contributed by atoms with Gasteiger partial charge in [-0.05, 0) is 49.9 Å². The molecule has 0 heterocycles. The van der Waals surface area contributed by atoms with Gasteiger partial charge in [0.25, 0.3) is 0 Å². The molecule has 1 atom stereocenters. The molecule has 0 aliphatic heterocycles. The predicted octanol–water partition coefficient (Wildman–Crippen LogP) is 3.09. The molecule has 0 aromatic heterocycles. The highest BCUT2D eigenvalue weighted by Crippen LogP contribution is 2.42. The van der Waals surface area contributed by atoms with Gasteiger partial charge >= 0.3 is 5.97 Å². The standard InChI is InChI=1S/C13H16ClNO2/c1-13(9-3-4-9,12(16)17-2)15-11-7-5-10(14)6-8-11/h5-9,15H,3-4H2,1-2H3. The molecule has 1 fully saturated rings. The van der Waals surface area contributed by atoms with E-state index in [1.165, 1.54) is 7.11 Å². The monoisotopic (exact) mass is 253 g/mol. The molecule has 0 radical (unpaired) electrons. The molecular formula is C13H16ClNO2. The van der Waals surface area contributed by atoms with Crippen molar-refractivity contribution in [2.45, 2.75) is 25.3 Å². The fourth-order valence-corrected chi connectivity index (χ4v) is 2.15. The first-order valence-corrected chi connectivity index (χ1v) is 6.06. The quantitative estimate of drug-likeness (QED) is 0.838. The SMILES string of the molecule is COC(=O)C(C)(Nc1ccc(Cl)cc1)C1CC1. The Kier molecular flexibility index (Phi) is 3.29. The van der Waals surface area contributed by atoms with Crippen LogP contribution in [0.2, 0.25) is 5.02 Å². The molecule has 0 spiro atoms. The van der Waals surface area contributed by atoms with E-state index in [4.69, 9.17) is 16.3 Å². The normalized spacial score (nSPS) is 18.3. The van der Waals surface area contributed by atoms with E-state index in [-0.39, 0.29) is 5.97 Å². The van der Waals surface area contributed by atoms with Gasteiger partial charge in [0.05, 0.1) is 7.11 Å². The maximum absolute atomic E-state index is 11.9. The average Bonchev–Trinajstić information content (AvgIpc) is 3.15. The third-order valence-electron chi connectivity index (χ3n) is 3.25. The van der Waals surface area contributed by atoms with E-state index in [9.17, 15) is 4.79 Å². The second-order valence-electron chi connectivity index (χ2n) is 4.60. The van der Waals surface area contributed by atoms with Crippen LogP contribution in [0.1, 0.15) is 19.8 Å². The molecule has 0 amide bonds. The summed E-state index contributed by atoms with van der Waals surface area (Å²) in [7, 11) is 1.42. The van der Waals surface area contributed by atoms with Gasteiger partial charge in [-0.15, -0.1) is 0 Å². The maximum atomic E-state index is 11.9. The number of carbonyl (C=O) groups is 1. The molecule has 2 rings (SSSR count). The Morgan fingerprint density at radius 3 is 2.47 bits per heavy atom. The summed E-state index contributed by atoms with van der Waals surface area (Å²) >= 11 is 5.83. The van der Waals surface area contributed by atoms with E-state index in [1.807, 2.05) is 19.1 Å². The molecule has 1 saturated carbocycles. The minimum atomic E-state index is -0.636. The second kappa shape index (κ2) is 4.57. The highest BCUT2D eigenvalue weighted by atomic mass is 35.5. The summed E-state index contributed by atoms with van der Waals surface area (Å²) in [6.07, 6.45) is 2.12. The maximum Gasteiger partial charge on any atom is 0.331 e. The van der Waals surface area contributed by atoms with E-state index in [0.29, 0.717) is 10.9 Å². The predicted molar refractivity (Wildman–Crippen MR) is 68.2 cm³/mol. The van der Waals surface area contributed by atoms with Crippen LogP contribution in [0, 0.1) is 5.92 Å². The summed E-state index contributed by atoms with van der Waals surface area (Å²) in [6.45, 7) is 1.89. The number of halogens is 1. The van der Waals surface area contributed by atoms with Crippen LogP contribution in [0.5, 0.6) is 0 Å². The van der Waals surface area contributed by atoms with Crippen molar-refractivity contribution in [3.05, 3.63) is 29.3 Å². The van der Waals surface area contributed by atoms with Gasteiger partial charge in [0.1, 0.15) is 5.54 Å². The third-order valence-corrected chi connectivity index (χ3v) is 3.50. The summed E-state index contributed by atoms with van der Waals surface area (Å²) in [5.74, 6) is 0.139. The first kappa shape index (κ1) is 12.2. The van der Waals surface area contributed by atoms with Crippen molar-refractivity contribution in [1.82, 2.24) is 0 Å². The third kappa shape index (κ3) is 2.55. The van der Waals surface area contributed by atoms with E-state index >= 15 is 0 Å². The smallest absolute Gasteiger partial charge is 0.331 e. The molecular weight excluding hydrogens is 238 g/mol. The zero-order valence-corrected chi connectivity index (χ0v) is 10.8. The van der Waals surface area contributed by atoms with E-state index in [0.717, 1.165) is 18.5 Å². The van der Waals surface area contributed by atoms with Gasteiger partial charge in [0.2, 0.25) is 0 Å². The Morgan fingerprint density at radius 2 is 2.00 bits per heavy atom. The zero-order valence-electron chi connectivity index (χ0n) is 10.00. The number of hydrogen-bond acceptors (Lipinski definition) is 3.